The Hall–Kier alpha value is -8.02. The van der Waals surface area contributed by atoms with Gasteiger partial charge in [-0.1, -0.05) is 146 Å². The van der Waals surface area contributed by atoms with Gasteiger partial charge in [0, 0.05) is 54.3 Å². The van der Waals surface area contributed by atoms with E-state index in [1.165, 1.54) is 59.5 Å². The summed E-state index contributed by atoms with van der Waals surface area (Å²) < 4.78 is 7.35. The minimum Gasteiger partial charge on any atom is -0.308 e. The molecule has 0 unspecified atom stereocenters. The molecule has 9 aromatic carbocycles. The maximum atomic E-state index is 5.69. The maximum absolute atomic E-state index is 5.69. The predicted octanol–water partition coefficient (Wildman–Crippen LogP) is 13.8. The van der Waals surface area contributed by atoms with E-state index in [9.17, 15) is 0 Å². The highest BCUT2D eigenvalue weighted by molar-refractivity contribution is 6.36. The first kappa shape index (κ1) is 31.1. The summed E-state index contributed by atoms with van der Waals surface area (Å²) in [4.78, 5) is 11.3. The Balaban J connectivity index is 1.30. The first-order chi connectivity index (χ1) is 29.3. The standard InChI is InChI=1S/C54H31N5/c1-3-16-33(17-4-1)50-47-35-20-8-7-15-32(35)29-30-42(47)55-54(56-50)59-45-28-14-23-38-40-25-13-24-39-36-21-9-12-27-44(36)58(51(39)40)46-31-41-37-22-10-11-26-43(37)57(34-18-5-2-6-19-34)52(41)53(59)49(46)48(38)45/h1-31H. The Morgan fingerprint density at radius 2 is 0.966 bits per heavy atom. The van der Waals surface area contributed by atoms with Gasteiger partial charge in [-0.2, -0.15) is 0 Å². The van der Waals surface area contributed by atoms with E-state index in [4.69, 9.17) is 9.97 Å². The van der Waals surface area contributed by atoms with E-state index in [1.54, 1.807) is 0 Å². The molecule has 5 heterocycles. The molecule has 14 aromatic rings. The summed E-state index contributed by atoms with van der Waals surface area (Å²) >= 11 is 0. The van der Waals surface area contributed by atoms with Gasteiger partial charge in [0.25, 0.3) is 0 Å². The quantitative estimate of drug-likeness (QED) is 0.169. The van der Waals surface area contributed by atoms with Crippen molar-refractivity contribution in [3.05, 3.63) is 188 Å². The van der Waals surface area contributed by atoms with Crippen molar-refractivity contribution in [2.45, 2.75) is 0 Å². The van der Waals surface area contributed by atoms with E-state index in [1.807, 2.05) is 0 Å². The summed E-state index contributed by atoms with van der Waals surface area (Å²) in [6.07, 6.45) is 0. The van der Waals surface area contributed by atoms with E-state index in [0.29, 0.717) is 5.95 Å². The Morgan fingerprint density at radius 1 is 0.339 bits per heavy atom. The van der Waals surface area contributed by atoms with Crippen molar-refractivity contribution >= 4 is 103 Å². The summed E-state index contributed by atoms with van der Waals surface area (Å²) in [6, 6.07) is 68.0. The molecule has 59 heavy (non-hydrogen) atoms. The van der Waals surface area contributed by atoms with Gasteiger partial charge in [0.05, 0.1) is 49.8 Å². The lowest BCUT2D eigenvalue weighted by atomic mass is 10.0. The van der Waals surface area contributed by atoms with Crippen LogP contribution in [0.25, 0.3) is 126 Å². The molecule has 5 nitrogen and oxygen atoms in total. The molecule has 14 rings (SSSR count). The van der Waals surface area contributed by atoms with Crippen LogP contribution in [0.2, 0.25) is 0 Å². The van der Waals surface area contributed by atoms with Crippen molar-refractivity contribution in [2.75, 3.05) is 0 Å². The number of nitrogens with zero attached hydrogens (tertiary/aromatic N) is 5. The molecule has 0 saturated carbocycles. The van der Waals surface area contributed by atoms with Gasteiger partial charge in [0.15, 0.2) is 0 Å². The van der Waals surface area contributed by atoms with Crippen molar-refractivity contribution in [1.82, 2.24) is 23.5 Å². The number of fused-ring (bicyclic) bond motifs is 12. The average molecular weight is 750 g/mol. The normalized spacial score (nSPS) is 12.4. The van der Waals surface area contributed by atoms with Gasteiger partial charge in [-0.15, -0.1) is 0 Å². The molecule has 0 fully saturated rings. The monoisotopic (exact) mass is 749 g/mol. The number of hydrogen-bond acceptors (Lipinski definition) is 2. The predicted molar refractivity (Wildman–Crippen MR) is 246 cm³/mol. The molecule has 0 spiro atoms. The lowest BCUT2D eigenvalue weighted by molar-refractivity contribution is 1.01. The molecule has 0 aliphatic carbocycles. The molecule has 0 atom stereocenters. The van der Waals surface area contributed by atoms with Gasteiger partial charge < -0.3 is 8.97 Å². The van der Waals surface area contributed by atoms with Crippen LogP contribution < -0.4 is 0 Å². The van der Waals surface area contributed by atoms with Crippen LogP contribution in [0.15, 0.2) is 188 Å². The second-order valence-corrected chi connectivity index (χ2v) is 15.7. The van der Waals surface area contributed by atoms with Crippen molar-refractivity contribution in [2.24, 2.45) is 0 Å². The maximum Gasteiger partial charge on any atom is 0.235 e. The SMILES string of the molecule is c1ccc(-c2nc(-n3c4cccc5c6cccc7c8ccccc8n(c8cc9c%10ccccc%10n(-c%10ccccc%10)c9c3c8c54)c67)nc3ccc4ccccc4c23)cc1. The Morgan fingerprint density at radius 3 is 1.80 bits per heavy atom. The molecule has 5 heteroatoms. The molecule has 0 amide bonds. The van der Waals surface area contributed by atoms with Gasteiger partial charge in [-0.25, -0.2) is 9.97 Å². The third-order valence-corrected chi connectivity index (χ3v) is 12.7. The van der Waals surface area contributed by atoms with Crippen molar-refractivity contribution in [1.29, 1.82) is 0 Å². The Labute approximate surface area is 336 Å². The highest BCUT2D eigenvalue weighted by atomic mass is 15.2. The summed E-state index contributed by atoms with van der Waals surface area (Å²) in [5.74, 6) is 0.642. The van der Waals surface area contributed by atoms with Crippen LogP contribution >= 0.6 is 0 Å². The summed E-state index contributed by atoms with van der Waals surface area (Å²) in [5.41, 5.74) is 12.0. The van der Waals surface area contributed by atoms with Crippen LogP contribution in [0.4, 0.5) is 0 Å². The third kappa shape index (κ3) is 3.98. The largest absolute Gasteiger partial charge is 0.308 e. The van der Waals surface area contributed by atoms with Crippen LogP contribution in [0.3, 0.4) is 0 Å². The van der Waals surface area contributed by atoms with Crippen LogP contribution in [-0.4, -0.2) is 23.5 Å². The lowest BCUT2D eigenvalue weighted by Crippen LogP contribution is -2.05. The minimum atomic E-state index is 0.642. The van der Waals surface area contributed by atoms with Crippen LogP contribution in [-0.2, 0) is 0 Å². The zero-order valence-electron chi connectivity index (χ0n) is 31.6. The van der Waals surface area contributed by atoms with E-state index < -0.39 is 0 Å². The molecule has 0 aliphatic rings. The average Bonchev–Trinajstić information content (AvgIpc) is 3.92. The molecular formula is C54H31N5. The first-order valence-corrected chi connectivity index (χ1v) is 20.2. The summed E-state index contributed by atoms with van der Waals surface area (Å²) in [7, 11) is 0. The smallest absolute Gasteiger partial charge is 0.235 e. The molecule has 0 bridgehead atoms. The number of hydrogen-bond donors (Lipinski definition) is 0. The van der Waals surface area contributed by atoms with Gasteiger partial charge in [0.1, 0.15) is 0 Å². The highest BCUT2D eigenvalue weighted by Crippen LogP contribution is 2.48. The van der Waals surface area contributed by atoms with Crippen LogP contribution in [0.5, 0.6) is 0 Å². The number of para-hydroxylation sites is 4. The fraction of sp³-hybridized carbons (Fsp3) is 0. The van der Waals surface area contributed by atoms with Gasteiger partial charge in [0.2, 0.25) is 5.95 Å². The van der Waals surface area contributed by atoms with E-state index in [2.05, 4.69) is 202 Å². The number of benzene rings is 9. The van der Waals surface area contributed by atoms with Gasteiger partial charge >= 0.3 is 0 Å². The number of aromatic nitrogens is 5. The van der Waals surface area contributed by atoms with Crippen molar-refractivity contribution in [3.63, 3.8) is 0 Å². The van der Waals surface area contributed by atoms with Crippen molar-refractivity contribution in [3.8, 4) is 22.9 Å². The van der Waals surface area contributed by atoms with Gasteiger partial charge in [-0.05, 0) is 58.6 Å². The molecular weight excluding hydrogens is 719 g/mol. The Kier molecular flexibility index (Phi) is 5.96. The zero-order valence-corrected chi connectivity index (χ0v) is 31.6. The molecule has 0 aliphatic heterocycles. The third-order valence-electron chi connectivity index (χ3n) is 12.7. The minimum absolute atomic E-state index is 0.642. The fourth-order valence-corrected chi connectivity index (χ4v) is 10.4. The molecule has 5 aromatic heterocycles. The topological polar surface area (TPSA) is 40.0 Å². The van der Waals surface area contributed by atoms with E-state index >= 15 is 0 Å². The van der Waals surface area contributed by atoms with Crippen molar-refractivity contribution < 1.29 is 0 Å². The van der Waals surface area contributed by atoms with Crippen LogP contribution in [0, 0.1) is 0 Å². The first-order valence-electron chi connectivity index (χ1n) is 20.2. The fourth-order valence-electron chi connectivity index (χ4n) is 10.4. The number of rotatable bonds is 3. The highest BCUT2D eigenvalue weighted by Gasteiger charge is 2.28. The molecule has 0 N–H and O–H groups in total. The molecule has 0 radical (unpaired) electrons. The summed E-state index contributed by atoms with van der Waals surface area (Å²) in [5, 5.41) is 13.1. The molecule has 272 valence electrons. The second-order valence-electron chi connectivity index (χ2n) is 15.7. The lowest BCUT2D eigenvalue weighted by Gasteiger charge is -2.15. The van der Waals surface area contributed by atoms with Crippen LogP contribution in [0.1, 0.15) is 0 Å². The van der Waals surface area contributed by atoms with E-state index in [-0.39, 0.29) is 0 Å². The van der Waals surface area contributed by atoms with E-state index in [0.717, 1.165) is 60.8 Å². The Bertz CT molecular complexity index is 4060. The molecule has 0 saturated heterocycles. The summed E-state index contributed by atoms with van der Waals surface area (Å²) in [6.45, 7) is 0. The zero-order chi connectivity index (χ0) is 38.3. The van der Waals surface area contributed by atoms with Gasteiger partial charge in [-0.3, -0.25) is 4.57 Å². The second kappa shape index (κ2) is 11.3.